The number of hydrogen-bond acceptors (Lipinski definition) is 6. The Balaban J connectivity index is 1.70. The van der Waals surface area contributed by atoms with E-state index in [2.05, 4.69) is 4.98 Å². The van der Waals surface area contributed by atoms with Crippen LogP contribution in [0.5, 0.6) is 5.75 Å². The van der Waals surface area contributed by atoms with Gasteiger partial charge in [-0.05, 0) is 42.8 Å². The maximum Gasteiger partial charge on any atom is 0.344 e. The van der Waals surface area contributed by atoms with Crippen LogP contribution in [0.25, 0.3) is 22.1 Å². The van der Waals surface area contributed by atoms with Crippen molar-refractivity contribution in [2.75, 3.05) is 13.2 Å². The van der Waals surface area contributed by atoms with Crippen LogP contribution in [0.15, 0.2) is 41.2 Å². The Kier molecular flexibility index (Phi) is 5.45. The molecule has 6 nitrogen and oxygen atoms in total. The summed E-state index contributed by atoms with van der Waals surface area (Å²) in [6.45, 7) is 1.67. The van der Waals surface area contributed by atoms with Gasteiger partial charge in [-0.2, -0.15) is 0 Å². The Morgan fingerprint density at radius 2 is 1.97 bits per heavy atom. The van der Waals surface area contributed by atoms with Gasteiger partial charge in [0.1, 0.15) is 0 Å². The summed E-state index contributed by atoms with van der Waals surface area (Å²) in [6.07, 6.45) is 1.70. The highest BCUT2D eigenvalue weighted by Crippen LogP contribution is 2.34. The molecule has 0 fully saturated rings. The first-order valence-corrected chi connectivity index (χ1v) is 10.2. The molecule has 29 heavy (non-hydrogen) atoms. The zero-order chi connectivity index (χ0) is 20.5. The Morgan fingerprint density at radius 3 is 2.69 bits per heavy atom. The zero-order valence-electron chi connectivity index (χ0n) is 15.1. The molecule has 2 aromatic carbocycles. The van der Waals surface area contributed by atoms with Crippen LogP contribution in [0.4, 0.5) is 0 Å². The lowest BCUT2D eigenvalue weighted by molar-refractivity contribution is -0.145. The third-order valence-electron chi connectivity index (χ3n) is 4.10. The molecule has 4 aromatic rings. The van der Waals surface area contributed by atoms with Crippen molar-refractivity contribution < 1.29 is 14.3 Å². The SMILES string of the molecule is CCOC(=O)COc1c(Cl)cc(C=c2sc3nc4ccccc4n3c2=O)cc1Cl. The third kappa shape index (κ3) is 3.81. The maximum atomic E-state index is 12.8. The van der Waals surface area contributed by atoms with E-state index in [1.54, 1.807) is 29.5 Å². The van der Waals surface area contributed by atoms with Crippen LogP contribution in [-0.2, 0) is 9.53 Å². The van der Waals surface area contributed by atoms with Gasteiger partial charge in [-0.1, -0.05) is 46.7 Å². The Morgan fingerprint density at radius 1 is 1.24 bits per heavy atom. The Bertz CT molecular complexity index is 1320. The molecule has 0 aliphatic carbocycles. The van der Waals surface area contributed by atoms with Gasteiger partial charge in [0.25, 0.3) is 5.56 Å². The molecule has 2 heterocycles. The van der Waals surface area contributed by atoms with Crippen LogP contribution in [0, 0.1) is 0 Å². The molecule has 0 amide bonds. The van der Waals surface area contributed by atoms with E-state index >= 15 is 0 Å². The minimum absolute atomic E-state index is 0.159. The van der Waals surface area contributed by atoms with Crippen LogP contribution < -0.4 is 14.8 Å². The molecule has 0 N–H and O–H groups in total. The summed E-state index contributed by atoms with van der Waals surface area (Å²) >= 11 is 13.8. The Hall–Kier alpha value is -2.61. The zero-order valence-corrected chi connectivity index (χ0v) is 17.5. The number of thiazole rings is 1. The summed E-state index contributed by atoms with van der Waals surface area (Å²) in [5.74, 6) is -0.326. The highest BCUT2D eigenvalue weighted by molar-refractivity contribution is 7.15. The first-order chi connectivity index (χ1) is 14.0. The fraction of sp³-hybridized carbons (Fsp3) is 0.150. The number of carbonyl (C=O) groups excluding carboxylic acids is 1. The molecule has 0 saturated heterocycles. The van der Waals surface area contributed by atoms with Crippen molar-refractivity contribution in [1.29, 1.82) is 0 Å². The molecule has 0 unspecified atom stereocenters. The van der Waals surface area contributed by atoms with Gasteiger partial charge in [-0.15, -0.1) is 0 Å². The normalized spacial score (nSPS) is 12.0. The standard InChI is InChI=1S/C20H14Cl2N2O4S/c1-2-27-17(25)10-28-18-12(21)7-11(8-13(18)22)9-16-19(26)24-15-6-4-3-5-14(15)23-20(24)29-16/h3-9H,2,10H2,1H3. The van der Waals surface area contributed by atoms with E-state index < -0.39 is 5.97 Å². The second-order valence-corrected chi connectivity index (χ2v) is 7.87. The number of esters is 1. The van der Waals surface area contributed by atoms with Gasteiger partial charge in [0.15, 0.2) is 17.3 Å². The number of carbonyl (C=O) groups is 1. The van der Waals surface area contributed by atoms with E-state index in [0.29, 0.717) is 15.1 Å². The highest BCUT2D eigenvalue weighted by Gasteiger charge is 2.14. The average Bonchev–Trinajstić information content (AvgIpc) is 3.18. The summed E-state index contributed by atoms with van der Waals surface area (Å²) in [5.41, 5.74) is 2.02. The number of ether oxygens (including phenoxy) is 2. The number of para-hydroxylation sites is 2. The van der Waals surface area contributed by atoms with Gasteiger partial charge in [0.05, 0.1) is 32.2 Å². The average molecular weight is 449 g/mol. The van der Waals surface area contributed by atoms with Gasteiger partial charge in [-0.3, -0.25) is 4.79 Å². The fourth-order valence-corrected chi connectivity index (χ4v) is 4.50. The number of fused-ring (bicyclic) bond motifs is 3. The molecule has 0 saturated carbocycles. The molecule has 0 aliphatic heterocycles. The molecule has 148 valence electrons. The number of hydrogen-bond donors (Lipinski definition) is 0. The van der Waals surface area contributed by atoms with E-state index in [1.807, 2.05) is 24.3 Å². The first-order valence-electron chi connectivity index (χ1n) is 8.67. The lowest BCUT2D eigenvalue weighted by atomic mass is 10.2. The van der Waals surface area contributed by atoms with Crippen LogP contribution in [0.2, 0.25) is 10.0 Å². The molecule has 4 rings (SSSR count). The van der Waals surface area contributed by atoms with Gasteiger partial charge >= 0.3 is 5.97 Å². The molecular weight excluding hydrogens is 435 g/mol. The molecular formula is C20H14Cl2N2O4S. The predicted octanol–water partition coefficient (Wildman–Crippen LogP) is 3.71. The number of benzene rings is 2. The lowest BCUT2D eigenvalue weighted by Gasteiger charge is -2.10. The van der Waals surface area contributed by atoms with Crippen LogP contribution >= 0.6 is 34.5 Å². The van der Waals surface area contributed by atoms with Crippen molar-refractivity contribution >= 4 is 62.6 Å². The van der Waals surface area contributed by atoms with Crippen LogP contribution in [-0.4, -0.2) is 28.6 Å². The van der Waals surface area contributed by atoms with Crippen molar-refractivity contribution in [2.45, 2.75) is 6.92 Å². The first kappa shape index (κ1) is 19.7. The summed E-state index contributed by atoms with van der Waals surface area (Å²) in [5, 5.41) is 0.458. The smallest absolute Gasteiger partial charge is 0.344 e. The van der Waals surface area contributed by atoms with Crippen molar-refractivity contribution in [3.63, 3.8) is 0 Å². The molecule has 9 heteroatoms. The molecule has 0 bridgehead atoms. The van der Waals surface area contributed by atoms with Crippen molar-refractivity contribution in [2.24, 2.45) is 0 Å². The van der Waals surface area contributed by atoms with Gasteiger partial charge in [-0.25, -0.2) is 14.2 Å². The topological polar surface area (TPSA) is 69.9 Å². The summed E-state index contributed by atoms with van der Waals surface area (Å²) < 4.78 is 12.3. The second kappa shape index (κ2) is 8.02. The van der Waals surface area contributed by atoms with Gasteiger partial charge in [0.2, 0.25) is 0 Å². The lowest BCUT2D eigenvalue weighted by Crippen LogP contribution is -2.22. The van der Waals surface area contributed by atoms with Crippen LogP contribution in [0.3, 0.4) is 0 Å². The van der Waals surface area contributed by atoms with Crippen LogP contribution in [0.1, 0.15) is 12.5 Å². The molecule has 2 aromatic heterocycles. The Labute approximate surface area is 178 Å². The number of rotatable bonds is 5. The minimum atomic E-state index is -0.513. The van der Waals surface area contributed by atoms with E-state index in [-0.39, 0.29) is 34.6 Å². The number of aromatic nitrogens is 2. The highest BCUT2D eigenvalue weighted by atomic mass is 35.5. The molecule has 0 atom stereocenters. The summed E-state index contributed by atoms with van der Waals surface area (Å²) in [6, 6.07) is 10.7. The largest absolute Gasteiger partial charge is 0.479 e. The number of imidazole rings is 1. The van der Waals surface area contributed by atoms with Gasteiger partial charge < -0.3 is 9.47 Å². The number of halogens is 2. The van der Waals surface area contributed by atoms with Crippen molar-refractivity contribution in [3.05, 3.63) is 66.9 Å². The van der Waals surface area contributed by atoms with Gasteiger partial charge in [0, 0.05) is 0 Å². The van der Waals surface area contributed by atoms with E-state index in [0.717, 1.165) is 11.0 Å². The monoisotopic (exact) mass is 448 g/mol. The summed E-state index contributed by atoms with van der Waals surface area (Å²) in [4.78, 5) is 29.4. The van der Waals surface area contributed by atoms with Crippen molar-refractivity contribution in [3.8, 4) is 5.75 Å². The predicted molar refractivity (Wildman–Crippen MR) is 114 cm³/mol. The quantitative estimate of drug-likeness (QED) is 0.435. The summed E-state index contributed by atoms with van der Waals surface area (Å²) in [7, 11) is 0. The minimum Gasteiger partial charge on any atom is -0.479 e. The second-order valence-electron chi connectivity index (χ2n) is 6.04. The maximum absolute atomic E-state index is 12.8. The van der Waals surface area contributed by atoms with E-state index in [4.69, 9.17) is 32.7 Å². The van der Waals surface area contributed by atoms with E-state index in [9.17, 15) is 9.59 Å². The molecule has 0 radical (unpaired) electrons. The number of nitrogens with zero attached hydrogens (tertiary/aromatic N) is 2. The molecule has 0 aliphatic rings. The third-order valence-corrected chi connectivity index (χ3v) is 5.63. The van der Waals surface area contributed by atoms with E-state index in [1.165, 1.54) is 11.3 Å². The van der Waals surface area contributed by atoms with Crippen molar-refractivity contribution in [1.82, 2.24) is 9.38 Å². The fourth-order valence-electron chi connectivity index (χ4n) is 2.90. The molecule has 0 spiro atoms.